The molecule has 0 saturated carbocycles. The van der Waals surface area contributed by atoms with E-state index in [9.17, 15) is 53.3 Å². The molecule has 0 spiro atoms. The molecule has 0 saturated heterocycles. The topological polar surface area (TPSA) is 90.4 Å². The Morgan fingerprint density at radius 2 is 1.40 bits per heavy atom. The van der Waals surface area contributed by atoms with Gasteiger partial charge in [-0.25, -0.2) is 9.00 Å². The highest BCUT2D eigenvalue weighted by Gasteiger charge is 2.84. The molecule has 4 rings (SSSR count). The van der Waals surface area contributed by atoms with Gasteiger partial charge in [-0.2, -0.15) is 39.5 Å². The van der Waals surface area contributed by atoms with Gasteiger partial charge in [0.15, 0.2) is 9.80 Å². The molecule has 0 amide bonds. The number of alkyl halides is 9. The molecule has 3 aromatic carbocycles. The van der Waals surface area contributed by atoms with E-state index in [-0.39, 0.29) is 5.39 Å². The fourth-order valence-electron chi connectivity index (χ4n) is 4.57. The predicted octanol–water partition coefficient (Wildman–Crippen LogP) is 7.09. The van der Waals surface area contributed by atoms with Crippen molar-refractivity contribution in [2.75, 3.05) is 7.11 Å². The molecule has 0 aliphatic heterocycles. The second kappa shape index (κ2) is 11.4. The Kier molecular flexibility index (Phi) is 8.58. The van der Waals surface area contributed by atoms with Crippen molar-refractivity contribution < 1.29 is 52.6 Å². The number of aromatic nitrogens is 2. The monoisotopic (exact) mass is 696 g/mol. The number of nitrogens with zero attached hydrogens (tertiary/aromatic N) is 1. The first kappa shape index (κ1) is 35.4. The highest BCUT2D eigenvalue weighted by Crippen LogP contribution is 2.55. The van der Waals surface area contributed by atoms with Crippen molar-refractivity contribution in [2.24, 2.45) is 0 Å². The lowest BCUT2D eigenvalue weighted by Gasteiger charge is -2.34. The summed E-state index contributed by atoms with van der Waals surface area (Å²) in [6, 6.07) is 11.9. The zero-order chi connectivity index (χ0) is 35.5. The van der Waals surface area contributed by atoms with Crippen LogP contribution in [0.5, 0.6) is 11.5 Å². The number of methoxy groups -OCH3 is 1. The largest absolute Gasteiger partial charge is 0.496 e. The van der Waals surface area contributed by atoms with Crippen molar-refractivity contribution in [3.05, 3.63) is 87.2 Å². The number of rotatable bonds is 8. The summed E-state index contributed by atoms with van der Waals surface area (Å²) in [7, 11) is -4.71. The van der Waals surface area contributed by atoms with E-state index in [0.29, 0.717) is 33.5 Å². The smallest absolute Gasteiger partial charge is 0.460 e. The highest BCUT2D eigenvalue weighted by molar-refractivity contribution is 7.97. The van der Waals surface area contributed by atoms with Gasteiger partial charge in [-0.3, -0.25) is 14.3 Å². The van der Waals surface area contributed by atoms with Crippen LogP contribution in [0.15, 0.2) is 70.4 Å². The zero-order valence-electron chi connectivity index (χ0n) is 24.8. The number of hydrogen-bond acceptors (Lipinski definition) is 5. The van der Waals surface area contributed by atoms with Crippen LogP contribution in [0.3, 0.4) is 0 Å². The lowest BCUT2D eigenvalue weighted by molar-refractivity contribution is -0.382. The zero-order valence-corrected chi connectivity index (χ0v) is 25.6. The molecule has 1 heterocycles. The number of fused-ring (bicyclic) bond motifs is 1. The molecule has 1 N–H and O–H groups in total. The maximum atomic E-state index is 14.4. The minimum Gasteiger partial charge on any atom is -0.496 e. The fourth-order valence-corrected chi connectivity index (χ4v) is 5.61. The molecule has 47 heavy (non-hydrogen) atoms. The van der Waals surface area contributed by atoms with E-state index < -0.39 is 55.5 Å². The SMILES string of the molecule is C=S(=O)(Oc1ccc2cc(-c3cc(-n4ccc(=O)[nH]c4=O)cc(C(C)(C)C)c3OC)ccc2c1)C(F)(F)C(F)(F)C(F)(F)C(F)(F)F. The van der Waals surface area contributed by atoms with Gasteiger partial charge in [-0.1, -0.05) is 39.0 Å². The summed E-state index contributed by atoms with van der Waals surface area (Å²) < 4.78 is 145. The Morgan fingerprint density at radius 1 is 0.809 bits per heavy atom. The van der Waals surface area contributed by atoms with Crippen LogP contribution in [0.1, 0.15) is 26.3 Å². The molecule has 4 aromatic rings. The summed E-state index contributed by atoms with van der Waals surface area (Å²) in [6.07, 6.45) is -5.83. The molecule has 1 atom stereocenters. The van der Waals surface area contributed by atoms with Gasteiger partial charge < -0.3 is 8.92 Å². The van der Waals surface area contributed by atoms with Crippen molar-refractivity contribution in [3.63, 3.8) is 0 Å². The number of H-pyrrole nitrogens is 1. The summed E-state index contributed by atoms with van der Waals surface area (Å²) in [6.45, 7) is 5.67. The lowest BCUT2D eigenvalue weighted by Crippen LogP contribution is -2.63. The molecule has 1 unspecified atom stereocenters. The van der Waals surface area contributed by atoms with Gasteiger partial charge >= 0.3 is 29.0 Å². The second-order valence-electron chi connectivity index (χ2n) is 11.4. The number of aromatic amines is 1. The quantitative estimate of drug-likeness (QED) is 0.157. The van der Waals surface area contributed by atoms with Gasteiger partial charge in [0.05, 0.1) is 12.8 Å². The van der Waals surface area contributed by atoms with Crippen LogP contribution in [-0.4, -0.2) is 50.0 Å². The van der Waals surface area contributed by atoms with Crippen molar-refractivity contribution >= 4 is 26.4 Å². The van der Waals surface area contributed by atoms with E-state index in [4.69, 9.17) is 4.74 Å². The van der Waals surface area contributed by atoms with Gasteiger partial charge in [0.2, 0.25) is 0 Å². The molecular weight excluding hydrogens is 671 g/mol. The van der Waals surface area contributed by atoms with Gasteiger partial charge in [0.25, 0.3) is 5.56 Å². The van der Waals surface area contributed by atoms with Gasteiger partial charge in [0.1, 0.15) is 11.5 Å². The molecule has 0 aliphatic rings. The summed E-state index contributed by atoms with van der Waals surface area (Å²) in [5, 5.41) is -6.07. The second-order valence-corrected chi connectivity index (χ2v) is 13.3. The summed E-state index contributed by atoms with van der Waals surface area (Å²) in [4.78, 5) is 26.4. The number of ether oxygens (including phenoxy) is 1. The number of nitrogens with one attached hydrogen (secondary N) is 1. The van der Waals surface area contributed by atoms with Crippen LogP contribution in [0.25, 0.3) is 27.6 Å². The van der Waals surface area contributed by atoms with E-state index in [0.717, 1.165) is 18.2 Å². The summed E-state index contributed by atoms with van der Waals surface area (Å²) >= 11 is 0. The molecule has 254 valence electrons. The summed E-state index contributed by atoms with van der Waals surface area (Å²) in [5.74, 6) is -12.7. The van der Waals surface area contributed by atoms with Crippen LogP contribution in [-0.2, 0) is 15.2 Å². The molecule has 1 aromatic heterocycles. The third-order valence-electron chi connectivity index (χ3n) is 7.05. The van der Waals surface area contributed by atoms with Crippen molar-refractivity contribution in [2.45, 2.75) is 49.5 Å². The van der Waals surface area contributed by atoms with Crippen molar-refractivity contribution in [3.8, 4) is 28.3 Å². The molecule has 17 heteroatoms. The van der Waals surface area contributed by atoms with Crippen LogP contribution in [0.2, 0.25) is 0 Å². The van der Waals surface area contributed by atoms with E-state index in [1.165, 1.54) is 36.1 Å². The number of hydrogen-bond donors (Lipinski definition) is 1. The standard InChI is InChI=1S/C30H25F9N2O5S/c1-26(2,3)22-15-19(41-11-10-23(42)40-25(41)43)14-21(24(22)45-4)18-7-6-17-13-20(9-8-16(17)12-18)46-47(5,44)30(38,39)28(33,34)27(31,32)29(35,36)37/h6-15H,5H2,1-4H3,(H,40,42,43). The molecule has 0 fully saturated rings. The van der Waals surface area contributed by atoms with Gasteiger partial charge in [-0.05, 0) is 58.0 Å². The minimum atomic E-state index is -7.27. The minimum absolute atomic E-state index is 0.153. The normalized spacial score (nSPS) is 14.6. The number of benzene rings is 3. The van der Waals surface area contributed by atoms with E-state index in [2.05, 4.69) is 15.0 Å². The predicted molar refractivity (Wildman–Crippen MR) is 158 cm³/mol. The first-order valence-electron chi connectivity index (χ1n) is 13.2. The Labute approximate surface area is 260 Å². The Balaban J connectivity index is 1.80. The maximum absolute atomic E-state index is 14.4. The highest BCUT2D eigenvalue weighted by atomic mass is 32.2. The fraction of sp³-hybridized carbons (Fsp3) is 0.300. The lowest BCUT2D eigenvalue weighted by atomic mass is 9.83. The average molecular weight is 697 g/mol. The average Bonchev–Trinajstić information content (AvgIpc) is 2.94. The summed E-state index contributed by atoms with van der Waals surface area (Å²) in [5.41, 5.74) is 0.100. The van der Waals surface area contributed by atoms with Crippen LogP contribution in [0, 0.1) is 0 Å². The first-order chi connectivity index (χ1) is 21.4. The van der Waals surface area contributed by atoms with Crippen LogP contribution in [0.4, 0.5) is 39.5 Å². The Bertz CT molecular complexity index is 2080. The van der Waals surface area contributed by atoms with Crippen LogP contribution >= 0.6 is 0 Å². The third kappa shape index (κ3) is 6.07. The van der Waals surface area contributed by atoms with Gasteiger partial charge in [-0.15, -0.1) is 0 Å². The molecule has 0 aliphatic carbocycles. The molecule has 0 bridgehead atoms. The van der Waals surface area contributed by atoms with Crippen molar-refractivity contribution in [1.82, 2.24) is 9.55 Å². The van der Waals surface area contributed by atoms with Crippen LogP contribution < -0.4 is 20.2 Å². The molecular formula is C30H25F9N2O5S. The maximum Gasteiger partial charge on any atom is 0.460 e. The Hall–Kier alpha value is -4.41. The number of halogens is 9. The molecule has 7 nitrogen and oxygen atoms in total. The van der Waals surface area contributed by atoms with E-state index in [1.807, 2.05) is 20.8 Å². The van der Waals surface area contributed by atoms with E-state index in [1.54, 1.807) is 18.2 Å². The van der Waals surface area contributed by atoms with Gasteiger partial charge in [0, 0.05) is 23.4 Å². The van der Waals surface area contributed by atoms with Crippen molar-refractivity contribution in [1.29, 1.82) is 0 Å². The van der Waals surface area contributed by atoms with E-state index >= 15 is 0 Å². The third-order valence-corrected chi connectivity index (χ3v) is 8.55. The Morgan fingerprint density at radius 3 is 1.96 bits per heavy atom. The first-order valence-corrected chi connectivity index (χ1v) is 14.9. The molecule has 0 radical (unpaired) electrons.